The quantitative estimate of drug-likeness (QED) is 0.485. The molecule has 1 aromatic heterocycles. The van der Waals surface area contributed by atoms with Gasteiger partial charge in [-0.15, -0.1) is 0 Å². The summed E-state index contributed by atoms with van der Waals surface area (Å²) in [5.74, 6) is 0.348. The molecule has 0 fully saturated rings. The van der Waals surface area contributed by atoms with Gasteiger partial charge in [-0.05, 0) is 55.0 Å². The zero-order valence-corrected chi connectivity index (χ0v) is 16.1. The van der Waals surface area contributed by atoms with Gasteiger partial charge < -0.3 is 4.74 Å². The lowest BCUT2D eigenvalue weighted by molar-refractivity contribution is 0.0950. The minimum atomic E-state index is -0.401. The van der Waals surface area contributed by atoms with Gasteiger partial charge >= 0.3 is 0 Å². The first-order valence-electron chi connectivity index (χ1n) is 7.98. The maximum absolute atomic E-state index is 12.3. The number of nitrogens with zero attached hydrogens (tertiary/aromatic N) is 2. The molecule has 0 spiro atoms. The number of aromatic amines is 1. The topological polar surface area (TPSA) is 79.4 Å². The van der Waals surface area contributed by atoms with Crippen LogP contribution in [0.2, 0.25) is 10.0 Å². The summed E-state index contributed by atoms with van der Waals surface area (Å²) in [5.41, 5.74) is 5.65. The molecule has 3 aromatic rings. The fourth-order valence-electron chi connectivity index (χ4n) is 2.33. The number of hydrogen-bond acceptors (Lipinski definition) is 4. The van der Waals surface area contributed by atoms with Crippen LogP contribution in [0.3, 0.4) is 0 Å². The second-order valence-electron chi connectivity index (χ2n) is 5.66. The SMILES string of the molecule is COc1ccc(-c2cc(C(=O)N/N=C(/C)c3ccc(Cl)c(Cl)c3)[nH]n2)cc1. The highest BCUT2D eigenvalue weighted by atomic mass is 35.5. The van der Waals surface area contributed by atoms with Crippen molar-refractivity contribution in [2.75, 3.05) is 7.11 Å². The van der Waals surface area contributed by atoms with E-state index in [1.165, 1.54) is 0 Å². The number of carbonyl (C=O) groups excluding carboxylic acids is 1. The monoisotopic (exact) mass is 402 g/mol. The average molecular weight is 403 g/mol. The molecule has 0 unspecified atom stereocenters. The molecule has 0 radical (unpaired) electrons. The highest BCUT2D eigenvalue weighted by Gasteiger charge is 2.11. The third-order valence-corrected chi connectivity index (χ3v) is 4.61. The van der Waals surface area contributed by atoms with E-state index in [-0.39, 0.29) is 0 Å². The van der Waals surface area contributed by atoms with Crippen LogP contribution in [-0.2, 0) is 0 Å². The molecule has 138 valence electrons. The Kier molecular flexibility index (Phi) is 5.78. The highest BCUT2D eigenvalue weighted by molar-refractivity contribution is 6.42. The molecular weight excluding hydrogens is 387 g/mol. The number of aromatic nitrogens is 2. The van der Waals surface area contributed by atoms with E-state index in [4.69, 9.17) is 27.9 Å². The predicted molar refractivity (Wildman–Crippen MR) is 107 cm³/mol. The summed E-state index contributed by atoms with van der Waals surface area (Å²) < 4.78 is 5.13. The van der Waals surface area contributed by atoms with Crippen molar-refractivity contribution in [2.45, 2.75) is 6.92 Å². The number of nitrogens with one attached hydrogen (secondary N) is 2. The van der Waals surface area contributed by atoms with Gasteiger partial charge in [0, 0.05) is 5.56 Å². The summed E-state index contributed by atoms with van der Waals surface area (Å²) in [6.45, 7) is 1.76. The van der Waals surface area contributed by atoms with Crippen LogP contribution in [0.15, 0.2) is 53.6 Å². The number of rotatable bonds is 5. The Morgan fingerprint density at radius 1 is 1.11 bits per heavy atom. The number of carbonyl (C=O) groups is 1. The Morgan fingerprint density at radius 2 is 1.85 bits per heavy atom. The first-order chi connectivity index (χ1) is 13.0. The number of ether oxygens (including phenoxy) is 1. The van der Waals surface area contributed by atoms with Crippen molar-refractivity contribution in [3.63, 3.8) is 0 Å². The van der Waals surface area contributed by atoms with Gasteiger partial charge in [0.05, 0.1) is 28.6 Å². The number of hydrazone groups is 1. The van der Waals surface area contributed by atoms with Crippen LogP contribution in [0, 0.1) is 0 Å². The Balaban J connectivity index is 1.70. The van der Waals surface area contributed by atoms with Gasteiger partial charge in [0.25, 0.3) is 5.91 Å². The zero-order valence-electron chi connectivity index (χ0n) is 14.6. The van der Waals surface area contributed by atoms with Gasteiger partial charge in [-0.1, -0.05) is 29.3 Å². The van der Waals surface area contributed by atoms with Crippen LogP contribution in [-0.4, -0.2) is 28.9 Å². The molecule has 0 saturated heterocycles. The largest absolute Gasteiger partial charge is 0.497 e. The van der Waals surface area contributed by atoms with Crippen LogP contribution < -0.4 is 10.2 Å². The number of H-pyrrole nitrogens is 1. The van der Waals surface area contributed by atoms with Crippen molar-refractivity contribution in [3.05, 3.63) is 69.8 Å². The van der Waals surface area contributed by atoms with Crippen molar-refractivity contribution in [2.24, 2.45) is 5.10 Å². The average Bonchev–Trinajstić information content (AvgIpc) is 3.18. The smallest absolute Gasteiger partial charge is 0.289 e. The van der Waals surface area contributed by atoms with E-state index in [0.717, 1.165) is 16.9 Å². The molecule has 27 heavy (non-hydrogen) atoms. The molecule has 0 atom stereocenters. The third-order valence-electron chi connectivity index (χ3n) is 3.87. The van der Waals surface area contributed by atoms with E-state index in [9.17, 15) is 4.79 Å². The fraction of sp³-hybridized carbons (Fsp3) is 0.105. The zero-order chi connectivity index (χ0) is 19.4. The molecule has 0 aliphatic rings. The minimum absolute atomic E-state index is 0.298. The number of methoxy groups -OCH3 is 1. The van der Waals surface area contributed by atoms with E-state index >= 15 is 0 Å². The van der Waals surface area contributed by atoms with E-state index < -0.39 is 5.91 Å². The molecule has 0 bridgehead atoms. The standard InChI is InChI=1S/C19H16Cl2N4O2/c1-11(13-5-8-15(20)16(21)9-13)22-25-19(26)18-10-17(23-24-18)12-3-6-14(27-2)7-4-12/h3-10H,1-2H3,(H,23,24)(H,25,26)/b22-11-. The Hall–Kier alpha value is -2.83. The van der Waals surface area contributed by atoms with Crippen LogP contribution in [0.4, 0.5) is 0 Å². The van der Waals surface area contributed by atoms with Crippen LogP contribution >= 0.6 is 23.2 Å². The molecule has 0 aliphatic carbocycles. The van der Waals surface area contributed by atoms with Crippen LogP contribution in [0.5, 0.6) is 5.75 Å². The van der Waals surface area contributed by atoms with Crippen molar-refractivity contribution >= 4 is 34.8 Å². The maximum atomic E-state index is 12.3. The molecule has 0 aliphatic heterocycles. The van der Waals surface area contributed by atoms with E-state index in [0.29, 0.717) is 27.1 Å². The van der Waals surface area contributed by atoms with Crippen molar-refractivity contribution < 1.29 is 9.53 Å². The third kappa shape index (κ3) is 4.48. The number of amides is 1. The Labute approximate surface area is 166 Å². The lowest BCUT2D eigenvalue weighted by Crippen LogP contribution is -2.19. The predicted octanol–water partition coefficient (Wildman–Crippen LogP) is 4.55. The van der Waals surface area contributed by atoms with Gasteiger partial charge in [-0.2, -0.15) is 10.2 Å². The first kappa shape index (κ1) is 18.9. The summed E-state index contributed by atoms with van der Waals surface area (Å²) in [5, 5.41) is 11.9. The fourth-order valence-corrected chi connectivity index (χ4v) is 2.63. The summed E-state index contributed by atoms with van der Waals surface area (Å²) in [6, 6.07) is 14.2. The molecule has 2 N–H and O–H groups in total. The molecule has 8 heteroatoms. The molecular formula is C19H16Cl2N4O2. The van der Waals surface area contributed by atoms with Gasteiger partial charge in [0.1, 0.15) is 11.4 Å². The molecule has 6 nitrogen and oxygen atoms in total. The number of halogens is 2. The van der Waals surface area contributed by atoms with Gasteiger partial charge in [0.15, 0.2) is 0 Å². The van der Waals surface area contributed by atoms with Gasteiger partial charge in [-0.3, -0.25) is 9.89 Å². The van der Waals surface area contributed by atoms with E-state index in [1.807, 2.05) is 24.3 Å². The summed E-state index contributed by atoms with van der Waals surface area (Å²) >= 11 is 11.9. The summed E-state index contributed by atoms with van der Waals surface area (Å²) in [4.78, 5) is 12.3. The van der Waals surface area contributed by atoms with Crippen molar-refractivity contribution in [3.8, 4) is 17.0 Å². The molecule has 0 saturated carbocycles. The maximum Gasteiger partial charge on any atom is 0.289 e. The van der Waals surface area contributed by atoms with Gasteiger partial charge in [-0.25, -0.2) is 5.43 Å². The highest BCUT2D eigenvalue weighted by Crippen LogP contribution is 2.23. The van der Waals surface area contributed by atoms with Crippen LogP contribution in [0.25, 0.3) is 11.3 Å². The Bertz CT molecular complexity index is 997. The Morgan fingerprint density at radius 3 is 2.52 bits per heavy atom. The number of hydrogen-bond donors (Lipinski definition) is 2. The number of benzene rings is 2. The lowest BCUT2D eigenvalue weighted by atomic mass is 10.1. The minimum Gasteiger partial charge on any atom is -0.497 e. The molecule has 1 amide bonds. The second kappa shape index (κ2) is 8.24. The van der Waals surface area contributed by atoms with E-state index in [2.05, 4.69) is 20.7 Å². The first-order valence-corrected chi connectivity index (χ1v) is 8.73. The van der Waals surface area contributed by atoms with Gasteiger partial charge in [0.2, 0.25) is 0 Å². The molecule has 1 heterocycles. The van der Waals surface area contributed by atoms with E-state index in [1.54, 1.807) is 38.3 Å². The van der Waals surface area contributed by atoms with Crippen molar-refractivity contribution in [1.82, 2.24) is 15.6 Å². The summed E-state index contributed by atoms with van der Waals surface area (Å²) in [7, 11) is 1.60. The van der Waals surface area contributed by atoms with Crippen LogP contribution in [0.1, 0.15) is 23.0 Å². The molecule has 3 rings (SSSR count). The molecule has 2 aromatic carbocycles. The lowest BCUT2D eigenvalue weighted by Gasteiger charge is -2.03. The second-order valence-corrected chi connectivity index (χ2v) is 6.48. The summed E-state index contributed by atoms with van der Waals surface area (Å²) in [6.07, 6.45) is 0. The normalized spacial score (nSPS) is 11.3. The van der Waals surface area contributed by atoms with Crippen molar-refractivity contribution in [1.29, 1.82) is 0 Å².